The predicted molar refractivity (Wildman–Crippen MR) is 262 cm³/mol. The van der Waals surface area contributed by atoms with Crippen molar-refractivity contribution in [2.24, 2.45) is 5.92 Å². The Balaban J connectivity index is 1.84. The third-order valence-electron chi connectivity index (χ3n) is 12.7. The second-order valence-corrected chi connectivity index (χ2v) is 24.8. The molecule has 8 atom stereocenters. The average molecular weight is 954 g/mol. The van der Waals surface area contributed by atoms with Gasteiger partial charge in [0.15, 0.2) is 0 Å². The molecule has 2 fully saturated rings. The number of fused-ring (bicyclic) bond motifs is 1. The number of aliphatic hydroxyl groups is 2. The van der Waals surface area contributed by atoms with Crippen molar-refractivity contribution >= 4 is 72.3 Å². The number of carbonyl (C=O) groups is 5. The quantitative estimate of drug-likeness (QED) is 0.108. The van der Waals surface area contributed by atoms with Gasteiger partial charge in [0.1, 0.15) is 30.2 Å². The number of nitrogens with one attached hydrogen (secondary N) is 6. The number of carbonyl (C=O) groups excluding carboxylic acids is 5. The van der Waals surface area contributed by atoms with Crippen molar-refractivity contribution in [2.75, 3.05) is 19.8 Å². The predicted octanol–water partition coefficient (Wildman–Crippen LogP) is 3.21. The van der Waals surface area contributed by atoms with E-state index in [4.69, 9.17) is 28.9 Å². The van der Waals surface area contributed by atoms with E-state index in [1.165, 1.54) is 4.90 Å². The Bertz CT molecular complexity index is 1940. The van der Waals surface area contributed by atoms with Crippen LogP contribution >= 0.6 is 24.4 Å². The zero-order valence-corrected chi connectivity index (χ0v) is 41.9. The summed E-state index contributed by atoms with van der Waals surface area (Å²) in [5.41, 5.74) is 2.01. The molecule has 0 aromatic heterocycles. The van der Waals surface area contributed by atoms with Crippen LogP contribution in [-0.2, 0) is 41.2 Å². The summed E-state index contributed by atoms with van der Waals surface area (Å²) in [5.74, 6) is -3.39. The highest BCUT2D eigenvalue weighted by Gasteiger charge is 2.49. The zero-order chi connectivity index (χ0) is 48.2. The van der Waals surface area contributed by atoms with Crippen molar-refractivity contribution < 1.29 is 38.6 Å². The van der Waals surface area contributed by atoms with E-state index in [0.717, 1.165) is 11.1 Å². The highest BCUT2D eigenvalue weighted by molar-refractivity contribution is 7.80. The van der Waals surface area contributed by atoms with E-state index >= 15 is 0 Å². The standard InChI is InChI=1S/C47H71N7O8S2Si/c1-27(2)39-46(64)51-37(26-56)41(57)48-34(23-32-17-12-10-13-18-32)45(63)50-36(25-55)42(58)49-35(24-33-19-14-11-15-20-33)47(61)54-22-16-21-38(54)43(59)53-40(44(60)52-39)31(9)62-65(28(3)4,29(5)6)30(7)8/h10-15,17-20,27-31,34-40,55-56H,16,21-26H2,1-9H3,(H,48,57)(H,49,58)(H,50,63)(H,51,64)(H,52,60)(H,53,59)/t31-,34+,35-,36-,37-,38-,39+,40-/m0/s1. The minimum atomic E-state index is -2.63. The molecule has 2 saturated heterocycles. The molecule has 2 aromatic rings. The summed E-state index contributed by atoms with van der Waals surface area (Å²) in [4.78, 5) is 73.8. The van der Waals surface area contributed by atoms with Gasteiger partial charge in [-0.1, -0.05) is 140 Å². The van der Waals surface area contributed by atoms with Crippen LogP contribution < -0.4 is 31.9 Å². The SMILES string of the molecule is CC(C)[C@H]1NC(=O)[C@H]([C@H](C)O[Si](C(C)C)(C(C)C)C(C)C)NC(=O)[C@@H]2CCCN2C(=O)[C@H](Cc2ccccc2)NC(=O)[C@H](CO)NC(=S)[C@@H](Cc2ccccc2)NC(=O)[C@H](CO)NC1=S. The summed E-state index contributed by atoms with van der Waals surface area (Å²) >= 11 is 11.7. The van der Waals surface area contributed by atoms with Crippen LogP contribution in [0.25, 0.3) is 0 Å². The molecule has 8 N–H and O–H groups in total. The maximum atomic E-state index is 14.8. The Morgan fingerprint density at radius 3 is 1.54 bits per heavy atom. The van der Waals surface area contributed by atoms with Gasteiger partial charge < -0.3 is 51.4 Å². The molecule has 65 heavy (non-hydrogen) atoms. The van der Waals surface area contributed by atoms with E-state index in [0.29, 0.717) is 12.8 Å². The molecular formula is C47H71N7O8S2Si. The molecule has 15 nitrogen and oxygen atoms in total. The Morgan fingerprint density at radius 1 is 0.600 bits per heavy atom. The second kappa shape index (κ2) is 24.4. The summed E-state index contributed by atoms with van der Waals surface area (Å²) in [6.45, 7) is 17.0. The van der Waals surface area contributed by atoms with E-state index in [1.807, 2.05) is 74.5 Å². The fourth-order valence-corrected chi connectivity index (χ4v) is 15.7. The number of hydrogen-bond donors (Lipinski definition) is 8. The van der Waals surface area contributed by atoms with Crippen molar-refractivity contribution in [3.8, 4) is 0 Å². The van der Waals surface area contributed by atoms with E-state index in [1.54, 1.807) is 6.92 Å². The molecule has 358 valence electrons. The Morgan fingerprint density at radius 2 is 1.06 bits per heavy atom. The Hall–Kier alpha value is -4.33. The number of benzene rings is 2. The number of thiocarbonyl (C=S) groups is 2. The fraction of sp³-hybridized carbons (Fsp3) is 0.596. The molecule has 2 aliphatic heterocycles. The first-order valence-electron chi connectivity index (χ1n) is 22.9. The fourth-order valence-electron chi connectivity index (χ4n) is 9.30. The van der Waals surface area contributed by atoms with Gasteiger partial charge in [-0.3, -0.25) is 24.0 Å². The summed E-state index contributed by atoms with van der Waals surface area (Å²) in [5, 5.41) is 38.8. The first-order chi connectivity index (χ1) is 30.7. The zero-order valence-electron chi connectivity index (χ0n) is 39.3. The summed E-state index contributed by atoms with van der Waals surface area (Å²) in [6, 6.07) is 10.5. The molecule has 0 bridgehead atoms. The normalized spacial score (nSPS) is 25.3. The lowest BCUT2D eigenvalue weighted by atomic mass is 10.0. The smallest absolute Gasteiger partial charge is 0.246 e. The molecular weight excluding hydrogens is 883 g/mol. The highest BCUT2D eigenvalue weighted by atomic mass is 32.1. The maximum Gasteiger partial charge on any atom is 0.246 e. The first kappa shape index (κ1) is 53.3. The molecule has 5 amide bonds. The van der Waals surface area contributed by atoms with Crippen LogP contribution in [0.5, 0.6) is 0 Å². The molecule has 2 heterocycles. The van der Waals surface area contributed by atoms with Gasteiger partial charge in [0.2, 0.25) is 37.9 Å². The van der Waals surface area contributed by atoms with E-state index < -0.39 is 99.5 Å². The number of amides is 5. The largest absolute Gasteiger partial charge is 0.411 e. The summed E-state index contributed by atoms with van der Waals surface area (Å²) in [6.07, 6.45) is 0.218. The number of hydrogen-bond acceptors (Lipinski definition) is 10. The van der Waals surface area contributed by atoms with Crippen LogP contribution in [0.4, 0.5) is 0 Å². The van der Waals surface area contributed by atoms with Crippen molar-refractivity contribution in [1.82, 2.24) is 36.8 Å². The molecule has 18 heteroatoms. The summed E-state index contributed by atoms with van der Waals surface area (Å²) < 4.78 is 7.10. The van der Waals surface area contributed by atoms with Gasteiger partial charge >= 0.3 is 0 Å². The van der Waals surface area contributed by atoms with Crippen LogP contribution in [0.2, 0.25) is 16.6 Å². The molecule has 2 aliphatic rings. The monoisotopic (exact) mass is 953 g/mol. The number of aliphatic hydroxyl groups excluding tert-OH is 2. The lowest BCUT2D eigenvalue weighted by Gasteiger charge is -2.45. The minimum absolute atomic E-state index is 0.0120. The highest BCUT2D eigenvalue weighted by Crippen LogP contribution is 2.43. The number of nitrogens with zero attached hydrogens (tertiary/aromatic N) is 1. The van der Waals surface area contributed by atoms with Crippen molar-refractivity contribution in [1.29, 1.82) is 0 Å². The van der Waals surface area contributed by atoms with E-state index in [2.05, 4.69) is 73.4 Å². The maximum absolute atomic E-state index is 14.8. The van der Waals surface area contributed by atoms with Crippen LogP contribution in [0.3, 0.4) is 0 Å². The van der Waals surface area contributed by atoms with Gasteiger partial charge in [0.25, 0.3) is 0 Å². The summed E-state index contributed by atoms with van der Waals surface area (Å²) in [7, 11) is -2.63. The Kier molecular flexibility index (Phi) is 20.0. The van der Waals surface area contributed by atoms with Crippen molar-refractivity contribution in [2.45, 2.75) is 153 Å². The van der Waals surface area contributed by atoms with Crippen molar-refractivity contribution in [3.63, 3.8) is 0 Å². The van der Waals surface area contributed by atoms with Gasteiger partial charge in [-0.15, -0.1) is 0 Å². The second-order valence-electron chi connectivity index (χ2n) is 18.5. The molecule has 0 radical (unpaired) electrons. The van der Waals surface area contributed by atoms with E-state index in [9.17, 15) is 34.2 Å². The van der Waals surface area contributed by atoms with Gasteiger partial charge in [-0.25, -0.2) is 0 Å². The third-order valence-corrected chi connectivity index (χ3v) is 19.6. The van der Waals surface area contributed by atoms with Gasteiger partial charge in [0, 0.05) is 13.0 Å². The lowest BCUT2D eigenvalue weighted by Crippen LogP contribution is -2.63. The van der Waals surface area contributed by atoms with Gasteiger partial charge in [-0.05, 0) is 59.9 Å². The van der Waals surface area contributed by atoms with Crippen molar-refractivity contribution in [3.05, 3.63) is 71.8 Å². The molecule has 0 saturated carbocycles. The first-order valence-corrected chi connectivity index (χ1v) is 25.8. The molecule has 4 rings (SSSR count). The lowest BCUT2D eigenvalue weighted by molar-refractivity contribution is -0.142. The number of rotatable bonds is 13. The van der Waals surface area contributed by atoms with Crippen LogP contribution in [0, 0.1) is 5.92 Å². The Labute approximate surface area is 396 Å². The van der Waals surface area contributed by atoms with Crippen LogP contribution in [0.15, 0.2) is 60.7 Å². The van der Waals surface area contributed by atoms with E-state index in [-0.39, 0.29) is 51.9 Å². The third kappa shape index (κ3) is 13.6. The molecule has 0 spiro atoms. The molecule has 0 unspecified atom stereocenters. The van der Waals surface area contributed by atoms with Crippen LogP contribution in [0.1, 0.15) is 86.3 Å². The minimum Gasteiger partial charge on any atom is -0.411 e. The average Bonchev–Trinajstić information content (AvgIpc) is 3.76. The molecule has 0 aliphatic carbocycles. The van der Waals surface area contributed by atoms with Gasteiger partial charge in [-0.2, -0.15) is 0 Å². The topological polar surface area (TPSA) is 210 Å². The van der Waals surface area contributed by atoms with Gasteiger partial charge in [0.05, 0.1) is 41.4 Å². The molecule has 2 aromatic carbocycles. The van der Waals surface area contributed by atoms with Crippen LogP contribution in [-0.4, -0.2) is 131 Å².